The molecule has 2 saturated heterocycles. The maximum Gasteiger partial charge on any atom is 0.511 e. The Morgan fingerprint density at radius 3 is 2.35 bits per heavy atom. The van der Waals surface area contributed by atoms with Gasteiger partial charge in [-0.05, 0) is 5.56 Å². The molecule has 1 unspecified atom stereocenters. The predicted octanol–water partition coefficient (Wildman–Crippen LogP) is 0.391. The number of sulfonamides is 1. The SMILES string of the molecule is O=C1C2CN(S(=O)(=O)C(F)(F)F)CCN2C(=O)CN1Cc1ccccc1. The average Bonchev–Trinajstić information content (AvgIpc) is 2.59. The Morgan fingerprint density at radius 2 is 1.73 bits per heavy atom. The van der Waals surface area contributed by atoms with Crippen molar-refractivity contribution < 1.29 is 31.2 Å². The highest BCUT2D eigenvalue weighted by Crippen LogP contribution is 2.30. The normalized spacial score (nSPS) is 22.5. The summed E-state index contributed by atoms with van der Waals surface area (Å²) in [4.78, 5) is 27.3. The number of halogens is 3. The zero-order valence-corrected chi connectivity index (χ0v) is 14.3. The fourth-order valence-corrected chi connectivity index (χ4v) is 4.07. The summed E-state index contributed by atoms with van der Waals surface area (Å²) >= 11 is 0. The summed E-state index contributed by atoms with van der Waals surface area (Å²) in [6.07, 6.45) is 0. The van der Waals surface area contributed by atoms with E-state index in [4.69, 9.17) is 0 Å². The minimum Gasteiger partial charge on any atom is -0.327 e. The zero-order valence-electron chi connectivity index (χ0n) is 13.5. The number of hydrogen-bond donors (Lipinski definition) is 0. The van der Waals surface area contributed by atoms with Gasteiger partial charge in [0.15, 0.2) is 0 Å². The van der Waals surface area contributed by atoms with E-state index in [2.05, 4.69) is 0 Å². The van der Waals surface area contributed by atoms with Crippen molar-refractivity contribution in [2.24, 2.45) is 0 Å². The molecule has 0 saturated carbocycles. The van der Waals surface area contributed by atoms with Crippen LogP contribution in [0.1, 0.15) is 5.56 Å². The summed E-state index contributed by atoms with van der Waals surface area (Å²) in [6.45, 7) is -1.49. The maximum absolute atomic E-state index is 12.8. The Balaban J connectivity index is 1.81. The number of rotatable bonds is 3. The monoisotopic (exact) mass is 391 g/mol. The number of alkyl halides is 3. The summed E-state index contributed by atoms with van der Waals surface area (Å²) in [5, 5.41) is 0. The first-order valence-corrected chi connectivity index (χ1v) is 9.24. The maximum atomic E-state index is 12.8. The van der Waals surface area contributed by atoms with E-state index in [1.165, 1.54) is 4.90 Å². The minimum atomic E-state index is -5.54. The third kappa shape index (κ3) is 3.28. The molecular weight excluding hydrogens is 375 g/mol. The first-order valence-electron chi connectivity index (χ1n) is 7.80. The summed E-state index contributed by atoms with van der Waals surface area (Å²) in [5.74, 6) is -0.967. The van der Waals surface area contributed by atoms with Crippen molar-refractivity contribution in [2.45, 2.75) is 18.1 Å². The number of hydrogen-bond acceptors (Lipinski definition) is 4. The molecule has 1 atom stereocenters. The highest BCUT2D eigenvalue weighted by Gasteiger charge is 2.53. The van der Waals surface area contributed by atoms with Gasteiger partial charge in [-0.3, -0.25) is 9.59 Å². The van der Waals surface area contributed by atoms with Gasteiger partial charge in [0.25, 0.3) is 0 Å². The molecule has 11 heteroatoms. The van der Waals surface area contributed by atoms with Gasteiger partial charge in [-0.25, -0.2) is 8.42 Å². The molecule has 0 spiro atoms. The molecule has 7 nitrogen and oxygen atoms in total. The summed E-state index contributed by atoms with van der Waals surface area (Å²) in [6, 6.07) is 7.57. The summed E-state index contributed by atoms with van der Waals surface area (Å²) in [7, 11) is -5.54. The molecule has 0 bridgehead atoms. The van der Waals surface area contributed by atoms with Gasteiger partial charge in [-0.2, -0.15) is 17.5 Å². The van der Waals surface area contributed by atoms with E-state index in [1.54, 1.807) is 30.3 Å². The number of benzene rings is 1. The second-order valence-electron chi connectivity index (χ2n) is 6.09. The van der Waals surface area contributed by atoms with Gasteiger partial charge in [-0.15, -0.1) is 0 Å². The Morgan fingerprint density at radius 1 is 1.08 bits per heavy atom. The Labute approximate surface area is 148 Å². The molecule has 3 rings (SSSR count). The van der Waals surface area contributed by atoms with E-state index in [-0.39, 0.29) is 23.9 Å². The van der Waals surface area contributed by atoms with Gasteiger partial charge >= 0.3 is 15.5 Å². The molecule has 2 heterocycles. The van der Waals surface area contributed by atoms with Crippen LogP contribution in [0.5, 0.6) is 0 Å². The summed E-state index contributed by atoms with van der Waals surface area (Å²) < 4.78 is 61.8. The lowest BCUT2D eigenvalue weighted by Gasteiger charge is -2.45. The first kappa shape index (κ1) is 18.6. The van der Waals surface area contributed by atoms with Gasteiger partial charge in [-0.1, -0.05) is 30.3 Å². The van der Waals surface area contributed by atoms with E-state index in [0.717, 1.165) is 10.5 Å². The number of carbonyl (C=O) groups excluding carboxylic acids is 2. The Hall–Kier alpha value is -2.14. The van der Waals surface area contributed by atoms with Crippen molar-refractivity contribution in [3.8, 4) is 0 Å². The van der Waals surface area contributed by atoms with Gasteiger partial charge < -0.3 is 9.80 Å². The van der Waals surface area contributed by atoms with Crippen LogP contribution in [-0.4, -0.2) is 72.1 Å². The third-order valence-corrected chi connectivity index (χ3v) is 6.03. The minimum absolute atomic E-state index is 0.127. The van der Waals surface area contributed by atoms with Crippen molar-refractivity contribution >= 4 is 21.8 Å². The van der Waals surface area contributed by atoms with Crippen LogP contribution in [0.15, 0.2) is 30.3 Å². The molecule has 142 valence electrons. The van der Waals surface area contributed by atoms with E-state index in [1.807, 2.05) is 0 Å². The highest BCUT2D eigenvalue weighted by atomic mass is 32.2. The van der Waals surface area contributed by atoms with E-state index in [0.29, 0.717) is 0 Å². The van der Waals surface area contributed by atoms with E-state index in [9.17, 15) is 31.2 Å². The largest absolute Gasteiger partial charge is 0.511 e. The molecule has 1 aromatic rings. The van der Waals surface area contributed by atoms with Crippen LogP contribution in [0.3, 0.4) is 0 Å². The molecule has 2 fully saturated rings. The van der Waals surface area contributed by atoms with Crippen molar-refractivity contribution in [2.75, 3.05) is 26.2 Å². The summed E-state index contributed by atoms with van der Waals surface area (Å²) in [5.41, 5.74) is -4.68. The molecule has 0 radical (unpaired) electrons. The van der Waals surface area contributed by atoms with Gasteiger partial charge in [0.1, 0.15) is 12.6 Å². The van der Waals surface area contributed by atoms with Crippen LogP contribution in [0.2, 0.25) is 0 Å². The quantitative estimate of drug-likeness (QED) is 0.747. The van der Waals surface area contributed by atoms with Crippen LogP contribution in [0, 0.1) is 0 Å². The van der Waals surface area contributed by atoms with E-state index >= 15 is 0 Å². The van der Waals surface area contributed by atoms with Crippen molar-refractivity contribution in [1.82, 2.24) is 14.1 Å². The molecule has 0 N–H and O–H groups in total. The topological polar surface area (TPSA) is 78.0 Å². The molecule has 1 aromatic carbocycles. The third-order valence-electron chi connectivity index (χ3n) is 4.43. The Kier molecular flexibility index (Phi) is 4.69. The number of nitrogens with zero attached hydrogens (tertiary/aromatic N) is 3. The average molecular weight is 391 g/mol. The first-order chi connectivity index (χ1) is 12.1. The number of fused-ring (bicyclic) bond motifs is 1. The van der Waals surface area contributed by atoms with Crippen molar-refractivity contribution in [3.63, 3.8) is 0 Å². The fourth-order valence-electron chi connectivity index (χ4n) is 3.11. The number of amides is 2. The smallest absolute Gasteiger partial charge is 0.327 e. The standard InChI is InChI=1S/C15H16F3N3O4S/c16-15(17,18)26(24,25)20-6-7-21-12(9-20)14(23)19(10-13(21)22)8-11-4-2-1-3-5-11/h1-5,12H,6-10H2. The van der Waals surface area contributed by atoms with Crippen LogP contribution in [0.25, 0.3) is 0 Å². The molecule has 0 aromatic heterocycles. The van der Waals surface area contributed by atoms with Crippen LogP contribution in [0.4, 0.5) is 13.2 Å². The van der Waals surface area contributed by atoms with Crippen LogP contribution < -0.4 is 0 Å². The van der Waals surface area contributed by atoms with E-state index < -0.39 is 46.5 Å². The predicted molar refractivity (Wildman–Crippen MR) is 83.9 cm³/mol. The molecule has 2 amide bonds. The molecule has 2 aliphatic heterocycles. The van der Waals surface area contributed by atoms with Crippen molar-refractivity contribution in [3.05, 3.63) is 35.9 Å². The highest BCUT2D eigenvalue weighted by molar-refractivity contribution is 7.90. The van der Waals surface area contributed by atoms with Crippen LogP contribution >= 0.6 is 0 Å². The molecule has 0 aliphatic carbocycles. The lowest BCUT2D eigenvalue weighted by molar-refractivity contribution is -0.159. The zero-order chi connectivity index (χ0) is 19.1. The molecular formula is C15H16F3N3O4S. The number of piperazine rings is 2. The Bertz CT molecular complexity index is 813. The van der Waals surface area contributed by atoms with Gasteiger partial charge in [0.2, 0.25) is 11.8 Å². The van der Waals surface area contributed by atoms with Gasteiger partial charge in [0.05, 0.1) is 0 Å². The molecule has 2 aliphatic rings. The number of carbonyl (C=O) groups is 2. The van der Waals surface area contributed by atoms with Crippen molar-refractivity contribution in [1.29, 1.82) is 0 Å². The molecule has 26 heavy (non-hydrogen) atoms. The fraction of sp³-hybridized carbons (Fsp3) is 0.467. The second kappa shape index (κ2) is 6.54. The second-order valence-corrected chi connectivity index (χ2v) is 8.02. The van der Waals surface area contributed by atoms with Crippen LogP contribution in [-0.2, 0) is 26.2 Å². The lowest BCUT2D eigenvalue weighted by atomic mass is 10.1. The van der Waals surface area contributed by atoms with Gasteiger partial charge in [0, 0.05) is 26.2 Å². The lowest BCUT2D eigenvalue weighted by Crippen LogP contribution is -2.67.